The lowest BCUT2D eigenvalue weighted by Crippen LogP contribution is -2.34. The van der Waals surface area contributed by atoms with Crippen molar-refractivity contribution in [2.75, 3.05) is 5.32 Å². The number of hydrogen-bond acceptors (Lipinski definition) is 5. The molecule has 0 aliphatic rings. The SMILES string of the molecule is O=C(NC(=S)Nc1nc(-c2cc3ccccc3o2)cs1)c1ccc(Cl)cc1. The Labute approximate surface area is 169 Å². The van der Waals surface area contributed by atoms with Crippen LogP contribution in [-0.2, 0) is 0 Å². The van der Waals surface area contributed by atoms with Crippen molar-refractivity contribution in [3.63, 3.8) is 0 Å². The molecule has 0 radical (unpaired) electrons. The molecule has 134 valence electrons. The van der Waals surface area contributed by atoms with Gasteiger partial charge in [0, 0.05) is 21.4 Å². The fourth-order valence-corrected chi connectivity index (χ4v) is 3.54. The number of furan rings is 1. The highest BCUT2D eigenvalue weighted by atomic mass is 35.5. The maximum atomic E-state index is 12.2. The third-order valence-corrected chi connectivity index (χ3v) is 4.95. The van der Waals surface area contributed by atoms with E-state index in [1.54, 1.807) is 24.3 Å². The van der Waals surface area contributed by atoms with Crippen LogP contribution in [0.3, 0.4) is 0 Å². The van der Waals surface area contributed by atoms with Crippen LogP contribution in [0.4, 0.5) is 5.13 Å². The van der Waals surface area contributed by atoms with E-state index in [0.29, 0.717) is 27.2 Å². The normalized spacial score (nSPS) is 10.7. The molecular weight excluding hydrogens is 402 g/mol. The molecule has 2 heterocycles. The zero-order valence-electron chi connectivity index (χ0n) is 13.7. The number of carbonyl (C=O) groups excluding carboxylic acids is 1. The number of halogens is 1. The number of amides is 1. The molecule has 2 aromatic carbocycles. The van der Waals surface area contributed by atoms with E-state index in [1.807, 2.05) is 35.7 Å². The van der Waals surface area contributed by atoms with Crippen molar-refractivity contribution in [3.05, 3.63) is 70.6 Å². The molecule has 0 saturated heterocycles. The van der Waals surface area contributed by atoms with Crippen LogP contribution in [0.1, 0.15) is 10.4 Å². The average Bonchev–Trinajstić information content (AvgIpc) is 3.28. The van der Waals surface area contributed by atoms with E-state index >= 15 is 0 Å². The van der Waals surface area contributed by atoms with Gasteiger partial charge in [-0.05, 0) is 48.6 Å². The Morgan fingerprint density at radius 3 is 2.70 bits per heavy atom. The number of rotatable bonds is 3. The fourth-order valence-electron chi connectivity index (χ4n) is 2.46. The third-order valence-electron chi connectivity index (χ3n) is 3.74. The number of fused-ring (bicyclic) bond motifs is 1. The van der Waals surface area contributed by atoms with Crippen molar-refractivity contribution in [2.24, 2.45) is 0 Å². The molecule has 0 unspecified atom stereocenters. The standard InChI is InChI=1S/C19H12ClN3O2S2/c20-13-7-5-11(6-8-13)17(24)22-18(26)23-19-21-14(10-27-19)16-9-12-3-1-2-4-15(12)25-16/h1-10H,(H2,21,22,23,24,26). The van der Waals surface area contributed by atoms with Gasteiger partial charge in [0.15, 0.2) is 16.0 Å². The Bertz CT molecular complexity index is 1100. The average molecular weight is 414 g/mol. The molecule has 0 aliphatic carbocycles. The van der Waals surface area contributed by atoms with Gasteiger partial charge in [-0.25, -0.2) is 4.98 Å². The number of thiazole rings is 1. The van der Waals surface area contributed by atoms with E-state index in [-0.39, 0.29) is 11.0 Å². The number of thiocarbonyl (C=S) groups is 1. The van der Waals surface area contributed by atoms with E-state index in [0.717, 1.165) is 11.0 Å². The molecule has 0 bridgehead atoms. The highest BCUT2D eigenvalue weighted by Crippen LogP contribution is 2.30. The number of anilines is 1. The summed E-state index contributed by atoms with van der Waals surface area (Å²) in [5, 5.41) is 9.70. The Hall–Kier alpha value is -2.74. The summed E-state index contributed by atoms with van der Waals surface area (Å²) in [6, 6.07) is 16.3. The molecule has 0 spiro atoms. The van der Waals surface area contributed by atoms with E-state index < -0.39 is 0 Å². The monoisotopic (exact) mass is 413 g/mol. The first-order valence-corrected chi connectivity index (χ1v) is 9.57. The van der Waals surface area contributed by atoms with Crippen molar-refractivity contribution in [1.29, 1.82) is 0 Å². The van der Waals surface area contributed by atoms with Crippen LogP contribution in [0.25, 0.3) is 22.4 Å². The summed E-state index contributed by atoms with van der Waals surface area (Å²) in [6.45, 7) is 0. The topological polar surface area (TPSA) is 67.2 Å². The van der Waals surface area contributed by atoms with Gasteiger partial charge in [-0.15, -0.1) is 11.3 Å². The van der Waals surface area contributed by atoms with Crippen molar-refractivity contribution < 1.29 is 9.21 Å². The Morgan fingerprint density at radius 1 is 1.15 bits per heavy atom. The van der Waals surface area contributed by atoms with Gasteiger partial charge in [0.25, 0.3) is 5.91 Å². The van der Waals surface area contributed by atoms with Gasteiger partial charge >= 0.3 is 0 Å². The van der Waals surface area contributed by atoms with Crippen LogP contribution in [0.5, 0.6) is 0 Å². The summed E-state index contributed by atoms with van der Waals surface area (Å²) in [6.07, 6.45) is 0. The number of para-hydroxylation sites is 1. The smallest absolute Gasteiger partial charge is 0.257 e. The van der Waals surface area contributed by atoms with Crippen molar-refractivity contribution in [3.8, 4) is 11.5 Å². The molecule has 4 rings (SSSR count). The zero-order valence-corrected chi connectivity index (χ0v) is 16.1. The quantitative estimate of drug-likeness (QED) is 0.444. The van der Waals surface area contributed by atoms with E-state index in [4.69, 9.17) is 28.2 Å². The second-order valence-electron chi connectivity index (χ2n) is 5.60. The number of carbonyl (C=O) groups is 1. The molecule has 0 fully saturated rings. The van der Waals surface area contributed by atoms with Gasteiger partial charge in [-0.3, -0.25) is 10.1 Å². The van der Waals surface area contributed by atoms with Crippen molar-refractivity contribution >= 4 is 62.3 Å². The van der Waals surface area contributed by atoms with Gasteiger partial charge in [-0.2, -0.15) is 0 Å². The number of hydrogen-bond donors (Lipinski definition) is 2. The molecule has 0 atom stereocenters. The summed E-state index contributed by atoms with van der Waals surface area (Å²) in [5.74, 6) is 0.356. The van der Waals surface area contributed by atoms with Crippen molar-refractivity contribution in [2.45, 2.75) is 0 Å². The molecular formula is C19H12ClN3O2S2. The summed E-state index contributed by atoms with van der Waals surface area (Å²) in [4.78, 5) is 16.6. The molecule has 27 heavy (non-hydrogen) atoms. The minimum Gasteiger partial charge on any atom is -0.454 e. The van der Waals surface area contributed by atoms with Gasteiger partial charge in [0.1, 0.15) is 11.3 Å². The molecule has 0 saturated carbocycles. The molecule has 5 nitrogen and oxygen atoms in total. The van der Waals surface area contributed by atoms with Crippen LogP contribution >= 0.6 is 35.2 Å². The molecule has 2 aromatic heterocycles. The molecule has 1 amide bonds. The van der Waals surface area contributed by atoms with Gasteiger partial charge in [0.2, 0.25) is 0 Å². The van der Waals surface area contributed by atoms with Crippen LogP contribution in [-0.4, -0.2) is 16.0 Å². The Morgan fingerprint density at radius 2 is 1.93 bits per heavy atom. The summed E-state index contributed by atoms with van der Waals surface area (Å²) in [5.41, 5.74) is 1.97. The number of nitrogens with one attached hydrogen (secondary N) is 2. The summed E-state index contributed by atoms with van der Waals surface area (Å²) >= 11 is 12.4. The second-order valence-corrected chi connectivity index (χ2v) is 7.30. The van der Waals surface area contributed by atoms with Gasteiger partial charge in [0.05, 0.1) is 0 Å². The van der Waals surface area contributed by atoms with E-state index in [9.17, 15) is 4.79 Å². The Balaban J connectivity index is 1.43. The summed E-state index contributed by atoms with van der Waals surface area (Å²) in [7, 11) is 0. The number of aromatic nitrogens is 1. The Kier molecular flexibility index (Phi) is 4.89. The number of nitrogens with zero attached hydrogens (tertiary/aromatic N) is 1. The highest BCUT2D eigenvalue weighted by Gasteiger charge is 2.12. The zero-order chi connectivity index (χ0) is 18.8. The van der Waals surface area contributed by atoms with Crippen LogP contribution in [0, 0.1) is 0 Å². The minimum atomic E-state index is -0.321. The van der Waals surface area contributed by atoms with Crippen molar-refractivity contribution in [1.82, 2.24) is 10.3 Å². The number of benzene rings is 2. The molecule has 8 heteroatoms. The summed E-state index contributed by atoms with van der Waals surface area (Å²) < 4.78 is 5.81. The fraction of sp³-hybridized carbons (Fsp3) is 0. The lowest BCUT2D eigenvalue weighted by atomic mass is 10.2. The first-order valence-electron chi connectivity index (χ1n) is 7.91. The van der Waals surface area contributed by atoms with Crippen LogP contribution in [0.2, 0.25) is 5.02 Å². The first-order chi connectivity index (χ1) is 13.1. The largest absolute Gasteiger partial charge is 0.454 e. The molecule has 2 N–H and O–H groups in total. The molecule has 4 aromatic rings. The minimum absolute atomic E-state index is 0.167. The first kappa shape index (κ1) is 17.7. The van der Waals surface area contributed by atoms with Crippen LogP contribution < -0.4 is 10.6 Å². The predicted molar refractivity (Wildman–Crippen MR) is 112 cm³/mol. The van der Waals surface area contributed by atoms with E-state index in [1.165, 1.54) is 11.3 Å². The van der Waals surface area contributed by atoms with Gasteiger partial charge in [-0.1, -0.05) is 29.8 Å². The van der Waals surface area contributed by atoms with Gasteiger partial charge < -0.3 is 9.73 Å². The highest BCUT2D eigenvalue weighted by molar-refractivity contribution is 7.80. The second kappa shape index (κ2) is 7.48. The third kappa shape index (κ3) is 4.00. The lowest BCUT2D eigenvalue weighted by Gasteiger charge is -2.07. The van der Waals surface area contributed by atoms with Crippen LogP contribution in [0.15, 0.2) is 64.4 Å². The van der Waals surface area contributed by atoms with E-state index in [2.05, 4.69) is 15.6 Å². The maximum Gasteiger partial charge on any atom is 0.257 e. The predicted octanol–water partition coefficient (Wildman–Crippen LogP) is 5.34. The maximum absolute atomic E-state index is 12.2. The molecule has 0 aliphatic heterocycles. The lowest BCUT2D eigenvalue weighted by molar-refractivity contribution is 0.0977.